The normalized spacial score (nSPS) is 10.0. The van der Waals surface area contributed by atoms with Gasteiger partial charge in [0.05, 0.1) is 5.56 Å². The number of aryl methyl sites for hydroxylation is 1. The zero-order valence-electron chi connectivity index (χ0n) is 10.5. The Hall–Kier alpha value is -2.36. The summed E-state index contributed by atoms with van der Waals surface area (Å²) in [5, 5.41) is 2.88. The number of esters is 1. The topological polar surface area (TPSA) is 38.3 Å². The smallest absolute Gasteiger partial charge is 0.340 e. The second-order valence-corrected chi connectivity index (χ2v) is 4.07. The summed E-state index contributed by atoms with van der Waals surface area (Å²) in [4.78, 5) is 11.8. The van der Waals surface area contributed by atoms with Crippen LogP contribution >= 0.6 is 0 Å². The molecule has 0 aliphatic heterocycles. The third-order valence-electron chi connectivity index (χ3n) is 2.69. The van der Waals surface area contributed by atoms with E-state index in [2.05, 4.69) is 5.32 Å². The van der Waals surface area contributed by atoms with Crippen molar-refractivity contribution in [2.24, 2.45) is 0 Å². The van der Waals surface area contributed by atoms with Crippen LogP contribution in [0.1, 0.15) is 15.9 Å². The molecule has 0 spiro atoms. The predicted molar refractivity (Wildman–Crippen MR) is 71.5 cm³/mol. The van der Waals surface area contributed by atoms with Gasteiger partial charge >= 0.3 is 5.97 Å². The zero-order chi connectivity index (χ0) is 13.7. The summed E-state index contributed by atoms with van der Waals surface area (Å²) in [6, 6.07) is 13.1. The molecule has 0 saturated carbocycles. The lowest BCUT2D eigenvalue weighted by molar-refractivity contribution is 0.0533. The van der Waals surface area contributed by atoms with Crippen molar-refractivity contribution in [1.82, 2.24) is 0 Å². The number of ether oxygens (including phenoxy) is 1. The molecular formula is C15H14FNO2. The van der Waals surface area contributed by atoms with Crippen molar-refractivity contribution in [1.29, 1.82) is 0 Å². The van der Waals surface area contributed by atoms with Crippen LogP contribution < -0.4 is 5.32 Å². The van der Waals surface area contributed by atoms with Gasteiger partial charge in [-0.15, -0.1) is 0 Å². The number of hydrogen-bond donors (Lipinski definition) is 1. The van der Waals surface area contributed by atoms with Crippen LogP contribution in [0.15, 0.2) is 48.5 Å². The molecule has 0 radical (unpaired) electrons. The summed E-state index contributed by atoms with van der Waals surface area (Å²) in [6.45, 7) is 1.89. The fourth-order valence-corrected chi connectivity index (χ4v) is 1.63. The van der Waals surface area contributed by atoms with Gasteiger partial charge in [0.2, 0.25) is 0 Å². The van der Waals surface area contributed by atoms with Crippen LogP contribution in [0.2, 0.25) is 0 Å². The van der Waals surface area contributed by atoms with Crippen LogP contribution in [0.5, 0.6) is 0 Å². The third-order valence-corrected chi connectivity index (χ3v) is 2.69. The highest BCUT2D eigenvalue weighted by molar-refractivity contribution is 5.91. The van der Waals surface area contributed by atoms with Crippen molar-refractivity contribution in [3.05, 3.63) is 65.5 Å². The molecular weight excluding hydrogens is 245 g/mol. The van der Waals surface area contributed by atoms with Crippen LogP contribution in [-0.4, -0.2) is 12.7 Å². The molecule has 98 valence electrons. The van der Waals surface area contributed by atoms with Crippen molar-refractivity contribution in [2.45, 2.75) is 6.92 Å². The summed E-state index contributed by atoms with van der Waals surface area (Å²) >= 11 is 0. The number of carbonyl (C=O) groups excluding carboxylic acids is 1. The Kier molecular flexibility index (Phi) is 4.13. The Balaban J connectivity index is 1.88. The standard InChI is InChI=1S/C15H14FNO2/c1-11-4-2-3-5-14(11)15(18)19-10-17-13-8-6-12(16)7-9-13/h2-9,17H,10H2,1H3. The monoisotopic (exact) mass is 259 g/mol. The number of anilines is 1. The molecule has 0 aromatic heterocycles. The maximum atomic E-state index is 12.7. The molecule has 0 unspecified atom stereocenters. The molecule has 2 aromatic rings. The fourth-order valence-electron chi connectivity index (χ4n) is 1.63. The molecule has 4 heteroatoms. The first-order valence-electron chi connectivity index (χ1n) is 5.89. The number of benzene rings is 2. The highest BCUT2D eigenvalue weighted by Crippen LogP contribution is 2.10. The maximum Gasteiger partial charge on any atom is 0.340 e. The van der Waals surface area contributed by atoms with E-state index < -0.39 is 0 Å². The largest absolute Gasteiger partial charge is 0.441 e. The van der Waals surface area contributed by atoms with E-state index in [4.69, 9.17) is 4.74 Å². The summed E-state index contributed by atoms with van der Waals surface area (Å²) < 4.78 is 17.8. The summed E-state index contributed by atoms with van der Waals surface area (Å²) in [6.07, 6.45) is 0. The van der Waals surface area contributed by atoms with Gasteiger partial charge in [-0.3, -0.25) is 0 Å². The number of carbonyl (C=O) groups is 1. The first-order valence-corrected chi connectivity index (χ1v) is 5.89. The fraction of sp³-hybridized carbons (Fsp3) is 0.133. The van der Waals surface area contributed by atoms with Crippen LogP contribution in [0.25, 0.3) is 0 Å². The van der Waals surface area contributed by atoms with E-state index in [-0.39, 0.29) is 18.5 Å². The van der Waals surface area contributed by atoms with Gasteiger partial charge in [0.1, 0.15) is 5.82 Å². The molecule has 2 aromatic carbocycles. The molecule has 0 fully saturated rings. The van der Waals surface area contributed by atoms with Gasteiger partial charge < -0.3 is 10.1 Å². The minimum atomic E-state index is -0.382. The van der Waals surface area contributed by atoms with E-state index in [1.165, 1.54) is 12.1 Å². The van der Waals surface area contributed by atoms with Crippen LogP contribution in [-0.2, 0) is 4.74 Å². The Bertz CT molecular complexity index is 567. The predicted octanol–water partition coefficient (Wildman–Crippen LogP) is 3.36. The van der Waals surface area contributed by atoms with Crippen molar-refractivity contribution in [3.63, 3.8) is 0 Å². The minimum absolute atomic E-state index is 0.0405. The quantitative estimate of drug-likeness (QED) is 0.676. The van der Waals surface area contributed by atoms with Crippen molar-refractivity contribution < 1.29 is 13.9 Å². The average Bonchev–Trinajstić information content (AvgIpc) is 2.41. The highest BCUT2D eigenvalue weighted by Gasteiger charge is 2.08. The van der Waals surface area contributed by atoms with E-state index >= 15 is 0 Å². The lowest BCUT2D eigenvalue weighted by Gasteiger charge is -2.09. The minimum Gasteiger partial charge on any atom is -0.441 e. The van der Waals surface area contributed by atoms with Crippen LogP contribution in [0.3, 0.4) is 0 Å². The summed E-state index contributed by atoms with van der Waals surface area (Å²) in [5.41, 5.74) is 2.11. The lowest BCUT2D eigenvalue weighted by atomic mass is 10.1. The Morgan fingerprint density at radius 2 is 1.84 bits per heavy atom. The first kappa shape index (κ1) is 13.1. The molecule has 0 heterocycles. The molecule has 0 saturated heterocycles. The molecule has 0 aliphatic rings. The van der Waals surface area contributed by atoms with Crippen LogP contribution in [0.4, 0.5) is 10.1 Å². The first-order chi connectivity index (χ1) is 9.16. The van der Waals surface area contributed by atoms with E-state index in [1.807, 2.05) is 19.1 Å². The van der Waals surface area contributed by atoms with Crippen molar-refractivity contribution in [2.75, 3.05) is 12.0 Å². The molecule has 19 heavy (non-hydrogen) atoms. The maximum absolute atomic E-state index is 12.7. The van der Waals surface area contributed by atoms with E-state index in [0.717, 1.165) is 5.56 Å². The lowest BCUT2D eigenvalue weighted by Crippen LogP contribution is -2.13. The number of halogens is 1. The SMILES string of the molecule is Cc1ccccc1C(=O)OCNc1ccc(F)cc1. The van der Waals surface area contributed by atoms with Gasteiger partial charge in [0.25, 0.3) is 0 Å². The molecule has 0 amide bonds. The van der Waals surface area contributed by atoms with Gasteiger partial charge in [-0.25, -0.2) is 9.18 Å². The van der Waals surface area contributed by atoms with Gasteiger partial charge in [0.15, 0.2) is 6.73 Å². The molecule has 2 rings (SSSR count). The second kappa shape index (κ2) is 6.00. The molecule has 1 N–H and O–H groups in total. The van der Waals surface area contributed by atoms with Gasteiger partial charge in [0, 0.05) is 5.69 Å². The van der Waals surface area contributed by atoms with Gasteiger partial charge in [-0.2, -0.15) is 0 Å². The average molecular weight is 259 g/mol. The molecule has 0 aliphatic carbocycles. The third kappa shape index (κ3) is 3.55. The van der Waals surface area contributed by atoms with E-state index in [0.29, 0.717) is 11.3 Å². The van der Waals surface area contributed by atoms with Crippen molar-refractivity contribution in [3.8, 4) is 0 Å². The van der Waals surface area contributed by atoms with Crippen LogP contribution in [0, 0.1) is 12.7 Å². The van der Waals surface area contributed by atoms with E-state index in [1.54, 1.807) is 24.3 Å². The molecule has 3 nitrogen and oxygen atoms in total. The molecule has 0 bridgehead atoms. The summed E-state index contributed by atoms with van der Waals surface area (Å²) in [7, 11) is 0. The number of rotatable bonds is 4. The van der Waals surface area contributed by atoms with Gasteiger partial charge in [-0.05, 0) is 42.8 Å². The number of hydrogen-bond acceptors (Lipinski definition) is 3. The van der Waals surface area contributed by atoms with Gasteiger partial charge in [-0.1, -0.05) is 18.2 Å². The van der Waals surface area contributed by atoms with Crippen molar-refractivity contribution >= 4 is 11.7 Å². The highest BCUT2D eigenvalue weighted by atomic mass is 19.1. The summed E-state index contributed by atoms with van der Waals surface area (Å²) in [5.74, 6) is -0.685. The second-order valence-electron chi connectivity index (χ2n) is 4.07. The Morgan fingerprint density at radius 1 is 1.16 bits per heavy atom. The molecule has 0 atom stereocenters. The Morgan fingerprint density at radius 3 is 2.53 bits per heavy atom. The zero-order valence-corrected chi connectivity index (χ0v) is 10.5. The Labute approximate surface area is 111 Å². The van der Waals surface area contributed by atoms with E-state index in [9.17, 15) is 9.18 Å². The number of nitrogens with one attached hydrogen (secondary N) is 1.